The first-order valence-electron chi connectivity index (χ1n) is 10.4. The van der Waals surface area contributed by atoms with Crippen LogP contribution in [0.1, 0.15) is 22.0 Å². The number of aryl methyl sites for hydroxylation is 1. The molecule has 0 amide bonds. The Labute approximate surface area is 189 Å². The maximum absolute atomic E-state index is 12.5. The molecule has 0 saturated heterocycles. The lowest BCUT2D eigenvalue weighted by Gasteiger charge is -2.04. The Balaban J connectivity index is 1.28. The van der Waals surface area contributed by atoms with Crippen molar-refractivity contribution in [3.63, 3.8) is 0 Å². The van der Waals surface area contributed by atoms with Gasteiger partial charge in [-0.1, -0.05) is 78.0 Å². The summed E-state index contributed by atoms with van der Waals surface area (Å²) in [6, 6.07) is 26.8. The second-order valence-electron chi connectivity index (χ2n) is 7.35. The van der Waals surface area contributed by atoms with E-state index in [2.05, 4.69) is 15.4 Å². The molecule has 0 N–H and O–H groups in total. The van der Waals surface area contributed by atoms with E-state index in [1.54, 1.807) is 19.1 Å². The first-order valence-corrected chi connectivity index (χ1v) is 10.4. The van der Waals surface area contributed by atoms with Crippen molar-refractivity contribution in [3.8, 4) is 33.8 Å². The van der Waals surface area contributed by atoms with E-state index in [9.17, 15) is 4.79 Å². The van der Waals surface area contributed by atoms with Crippen LogP contribution in [0.4, 0.5) is 0 Å². The van der Waals surface area contributed by atoms with Crippen LogP contribution in [0.15, 0.2) is 93.9 Å². The SMILES string of the molecule is Cc1onc(-c2ccccc2)c1-c1nnc(COC(=O)c2ccc(-c3ccccc3)cc2)o1. The summed E-state index contributed by atoms with van der Waals surface area (Å²) in [5.74, 6) is 0.518. The average Bonchev–Trinajstić information content (AvgIpc) is 3.50. The molecule has 2 aromatic heterocycles. The predicted octanol–water partition coefficient (Wildman–Crippen LogP) is 5.72. The highest BCUT2D eigenvalue weighted by Crippen LogP contribution is 2.33. The number of carbonyl (C=O) groups excluding carboxylic acids is 1. The summed E-state index contributed by atoms with van der Waals surface area (Å²) in [5.41, 5.74) is 4.63. The second-order valence-corrected chi connectivity index (χ2v) is 7.35. The average molecular weight is 437 g/mol. The summed E-state index contributed by atoms with van der Waals surface area (Å²) < 4.78 is 16.4. The van der Waals surface area contributed by atoms with E-state index in [4.69, 9.17) is 13.7 Å². The van der Waals surface area contributed by atoms with Gasteiger partial charge in [0.05, 0.1) is 5.56 Å². The topological polar surface area (TPSA) is 91.3 Å². The molecule has 0 aliphatic heterocycles. The molecule has 5 aromatic rings. The Morgan fingerprint density at radius 1 is 0.818 bits per heavy atom. The molecule has 3 aromatic carbocycles. The summed E-state index contributed by atoms with van der Waals surface area (Å²) in [5, 5.41) is 12.2. The third-order valence-corrected chi connectivity index (χ3v) is 5.15. The Morgan fingerprint density at radius 3 is 2.15 bits per heavy atom. The van der Waals surface area contributed by atoms with Crippen LogP contribution in [-0.2, 0) is 11.3 Å². The van der Waals surface area contributed by atoms with E-state index >= 15 is 0 Å². The summed E-state index contributed by atoms with van der Waals surface area (Å²) in [7, 11) is 0. The summed E-state index contributed by atoms with van der Waals surface area (Å²) in [4.78, 5) is 12.5. The van der Waals surface area contributed by atoms with Gasteiger partial charge in [0.2, 0.25) is 0 Å². The van der Waals surface area contributed by atoms with Gasteiger partial charge in [0.15, 0.2) is 6.61 Å². The van der Waals surface area contributed by atoms with Crippen molar-refractivity contribution >= 4 is 5.97 Å². The Morgan fingerprint density at radius 2 is 1.45 bits per heavy atom. The monoisotopic (exact) mass is 437 g/mol. The maximum Gasteiger partial charge on any atom is 0.338 e. The molecule has 0 atom stereocenters. The molecule has 0 aliphatic rings. The number of esters is 1. The van der Waals surface area contributed by atoms with Gasteiger partial charge < -0.3 is 13.7 Å². The molecular formula is C26H19N3O4. The van der Waals surface area contributed by atoms with Crippen molar-refractivity contribution in [3.05, 3.63) is 102 Å². The molecule has 2 heterocycles. The Hall–Kier alpha value is -4.52. The molecule has 0 spiro atoms. The first-order chi connectivity index (χ1) is 16.2. The Bertz CT molecular complexity index is 1370. The number of carbonyl (C=O) groups is 1. The number of hydrogen-bond donors (Lipinski definition) is 0. The second kappa shape index (κ2) is 8.92. The lowest BCUT2D eigenvalue weighted by atomic mass is 10.0. The number of rotatable bonds is 6. The maximum atomic E-state index is 12.5. The van der Waals surface area contributed by atoms with Crippen LogP contribution in [0.5, 0.6) is 0 Å². The molecule has 33 heavy (non-hydrogen) atoms. The van der Waals surface area contributed by atoms with Crippen LogP contribution in [0, 0.1) is 6.92 Å². The van der Waals surface area contributed by atoms with Gasteiger partial charge in [0.25, 0.3) is 11.8 Å². The van der Waals surface area contributed by atoms with Crippen molar-refractivity contribution in [2.24, 2.45) is 0 Å². The van der Waals surface area contributed by atoms with Gasteiger partial charge in [0.1, 0.15) is 17.0 Å². The van der Waals surface area contributed by atoms with Gasteiger partial charge in [0, 0.05) is 5.56 Å². The van der Waals surface area contributed by atoms with Crippen LogP contribution in [0.3, 0.4) is 0 Å². The molecule has 5 rings (SSSR count). The molecule has 0 fully saturated rings. The van der Waals surface area contributed by atoms with Gasteiger partial charge in [-0.05, 0) is 30.2 Å². The van der Waals surface area contributed by atoms with Crippen molar-refractivity contribution in [1.29, 1.82) is 0 Å². The van der Waals surface area contributed by atoms with E-state index in [1.807, 2.05) is 72.8 Å². The molecule has 0 radical (unpaired) electrons. The van der Waals surface area contributed by atoms with Gasteiger partial charge in [-0.2, -0.15) is 0 Å². The fraction of sp³-hybridized carbons (Fsp3) is 0.0769. The molecule has 0 aliphatic carbocycles. The van der Waals surface area contributed by atoms with E-state index in [0.717, 1.165) is 16.7 Å². The molecule has 7 nitrogen and oxygen atoms in total. The fourth-order valence-electron chi connectivity index (χ4n) is 3.47. The van der Waals surface area contributed by atoms with Crippen LogP contribution in [0.25, 0.3) is 33.8 Å². The molecule has 7 heteroatoms. The van der Waals surface area contributed by atoms with Crippen molar-refractivity contribution in [2.75, 3.05) is 0 Å². The minimum absolute atomic E-state index is 0.142. The number of ether oxygens (including phenoxy) is 1. The van der Waals surface area contributed by atoms with Gasteiger partial charge in [-0.3, -0.25) is 0 Å². The van der Waals surface area contributed by atoms with E-state index in [-0.39, 0.29) is 18.4 Å². The standard InChI is InChI=1S/C26H19N3O4/c1-17-23(24(29-33-17)20-10-6-3-7-11-20)25-28-27-22(32-25)16-31-26(30)21-14-12-19(13-15-21)18-8-4-2-5-9-18/h2-15H,16H2,1H3. The van der Waals surface area contributed by atoms with Crippen molar-refractivity contribution in [1.82, 2.24) is 15.4 Å². The number of nitrogens with zero attached hydrogens (tertiary/aromatic N) is 3. The molecule has 0 unspecified atom stereocenters. The fourth-order valence-corrected chi connectivity index (χ4v) is 3.47. The molecule has 0 saturated carbocycles. The zero-order valence-corrected chi connectivity index (χ0v) is 17.8. The largest absolute Gasteiger partial charge is 0.452 e. The quantitative estimate of drug-likeness (QED) is 0.314. The van der Waals surface area contributed by atoms with Crippen LogP contribution in [0.2, 0.25) is 0 Å². The molecule has 0 bridgehead atoms. The highest BCUT2D eigenvalue weighted by molar-refractivity contribution is 5.90. The third-order valence-electron chi connectivity index (χ3n) is 5.15. The van der Waals surface area contributed by atoms with E-state index in [0.29, 0.717) is 22.6 Å². The summed E-state index contributed by atoms with van der Waals surface area (Å²) >= 11 is 0. The van der Waals surface area contributed by atoms with E-state index in [1.165, 1.54) is 0 Å². The first kappa shape index (κ1) is 20.4. The third kappa shape index (κ3) is 4.29. The van der Waals surface area contributed by atoms with Crippen molar-refractivity contribution in [2.45, 2.75) is 13.5 Å². The number of hydrogen-bond acceptors (Lipinski definition) is 7. The molecule has 162 valence electrons. The number of benzene rings is 3. The van der Waals surface area contributed by atoms with Crippen molar-refractivity contribution < 1.29 is 18.5 Å². The number of aromatic nitrogens is 3. The predicted molar refractivity (Wildman–Crippen MR) is 121 cm³/mol. The molecular weight excluding hydrogens is 418 g/mol. The minimum atomic E-state index is -0.472. The van der Waals surface area contributed by atoms with Gasteiger partial charge >= 0.3 is 5.97 Å². The normalized spacial score (nSPS) is 10.8. The van der Waals surface area contributed by atoms with Gasteiger partial charge in [-0.25, -0.2) is 4.79 Å². The lowest BCUT2D eigenvalue weighted by molar-refractivity contribution is 0.0438. The Kier molecular flexibility index (Phi) is 5.51. The van der Waals surface area contributed by atoms with Gasteiger partial charge in [-0.15, -0.1) is 10.2 Å². The highest BCUT2D eigenvalue weighted by Gasteiger charge is 2.22. The summed E-state index contributed by atoms with van der Waals surface area (Å²) in [6.45, 7) is 1.63. The van der Waals surface area contributed by atoms with Crippen LogP contribution in [-0.4, -0.2) is 21.3 Å². The zero-order valence-electron chi connectivity index (χ0n) is 17.8. The van der Waals surface area contributed by atoms with E-state index < -0.39 is 5.97 Å². The van der Waals surface area contributed by atoms with Crippen LogP contribution < -0.4 is 0 Å². The lowest BCUT2D eigenvalue weighted by Crippen LogP contribution is -2.05. The van der Waals surface area contributed by atoms with Crippen LogP contribution >= 0.6 is 0 Å². The summed E-state index contributed by atoms with van der Waals surface area (Å²) in [6.07, 6.45) is 0. The highest BCUT2D eigenvalue weighted by atomic mass is 16.5. The minimum Gasteiger partial charge on any atom is -0.452 e. The smallest absolute Gasteiger partial charge is 0.338 e. The zero-order chi connectivity index (χ0) is 22.6.